The lowest BCUT2D eigenvalue weighted by Gasteiger charge is -2.31. The molecule has 4 aromatic carbocycles. The molecule has 0 saturated heterocycles. The summed E-state index contributed by atoms with van der Waals surface area (Å²) in [6, 6.07) is 34.4. The van der Waals surface area contributed by atoms with Gasteiger partial charge in [-0.05, 0) is 35.7 Å². The second-order valence-electron chi connectivity index (χ2n) is 10.2. The fourth-order valence-corrected chi connectivity index (χ4v) is 5.38. The molecule has 0 aliphatic rings. The molecule has 0 heterocycles. The fourth-order valence-electron chi connectivity index (χ4n) is 4.30. The van der Waals surface area contributed by atoms with Gasteiger partial charge in [-0.3, -0.25) is 4.18 Å². The summed E-state index contributed by atoms with van der Waals surface area (Å²) < 4.78 is 49.6. The van der Waals surface area contributed by atoms with Gasteiger partial charge in [-0.15, -0.1) is 0 Å². The number of rotatable bonds is 17. The summed E-state index contributed by atoms with van der Waals surface area (Å²) in [7, 11) is -4.31. The molecule has 4 atom stereocenters. The molecule has 4 rings (SSSR count). The van der Waals surface area contributed by atoms with Crippen LogP contribution in [0.2, 0.25) is 0 Å². The highest BCUT2D eigenvalue weighted by Gasteiger charge is 2.37. The average Bonchev–Trinajstić information content (AvgIpc) is 3.03. The van der Waals surface area contributed by atoms with Gasteiger partial charge in [0.05, 0.1) is 37.9 Å². The van der Waals surface area contributed by atoms with Gasteiger partial charge in [0.2, 0.25) is 0 Å². The number of ether oxygens (including phenoxy) is 3. The number of hydrogen-bond donors (Lipinski definition) is 2. The summed E-state index contributed by atoms with van der Waals surface area (Å²) in [5.41, 5.74) is 3.53. The average molecular weight is 607 g/mol. The number of benzene rings is 4. The molecule has 228 valence electrons. The minimum atomic E-state index is -4.31. The molecule has 9 heteroatoms. The molecule has 0 fully saturated rings. The zero-order valence-electron chi connectivity index (χ0n) is 24.1. The van der Waals surface area contributed by atoms with E-state index in [0.29, 0.717) is 0 Å². The quantitative estimate of drug-likeness (QED) is 0.165. The summed E-state index contributed by atoms with van der Waals surface area (Å²) in [5.74, 6) is 0. The molecule has 0 unspecified atom stereocenters. The Bertz CT molecular complexity index is 1450. The standard InChI is InChI=1S/C34H38O8S/c1-26-17-19-30(20-18-26)43(37,38)42-32(25-40-22-28-13-7-3-8-14-28)34(36)33(35)31(41-23-29-15-9-4-10-16-29)24-39-21-27-11-5-2-6-12-27/h2-20,31-36H,21-25H2,1H3/t31-,32-,33-,34-/m1/s1. The molecule has 0 spiro atoms. The third-order valence-corrected chi connectivity index (χ3v) is 8.12. The van der Waals surface area contributed by atoms with Gasteiger partial charge in [0, 0.05) is 0 Å². The highest BCUT2D eigenvalue weighted by molar-refractivity contribution is 7.86. The number of aliphatic hydroxyl groups is 2. The van der Waals surface area contributed by atoms with Crippen LogP contribution >= 0.6 is 0 Å². The van der Waals surface area contributed by atoms with Crippen molar-refractivity contribution in [3.63, 3.8) is 0 Å². The van der Waals surface area contributed by atoms with E-state index in [4.69, 9.17) is 18.4 Å². The van der Waals surface area contributed by atoms with Crippen molar-refractivity contribution in [1.29, 1.82) is 0 Å². The maximum Gasteiger partial charge on any atom is 0.297 e. The summed E-state index contributed by atoms with van der Waals surface area (Å²) in [6.45, 7) is 2.02. The van der Waals surface area contributed by atoms with Crippen molar-refractivity contribution < 1.29 is 37.0 Å². The summed E-state index contributed by atoms with van der Waals surface area (Å²) in [6.07, 6.45) is -5.72. The molecule has 0 bridgehead atoms. The van der Waals surface area contributed by atoms with Crippen LogP contribution in [0.15, 0.2) is 120 Å². The molecular formula is C34H38O8S. The third kappa shape index (κ3) is 10.4. The molecule has 0 saturated carbocycles. The maximum atomic E-state index is 13.2. The Kier molecular flexibility index (Phi) is 12.4. The summed E-state index contributed by atoms with van der Waals surface area (Å²) in [5, 5.41) is 22.7. The lowest BCUT2D eigenvalue weighted by Crippen LogP contribution is -2.50. The van der Waals surface area contributed by atoms with Gasteiger partial charge >= 0.3 is 0 Å². The molecule has 4 aromatic rings. The zero-order valence-corrected chi connectivity index (χ0v) is 24.9. The normalized spacial score (nSPS) is 14.6. The van der Waals surface area contributed by atoms with E-state index in [0.717, 1.165) is 22.3 Å². The second kappa shape index (κ2) is 16.4. The highest BCUT2D eigenvalue weighted by atomic mass is 32.2. The number of hydrogen-bond acceptors (Lipinski definition) is 8. The van der Waals surface area contributed by atoms with Crippen molar-refractivity contribution in [3.8, 4) is 0 Å². The van der Waals surface area contributed by atoms with E-state index in [-0.39, 0.29) is 37.9 Å². The highest BCUT2D eigenvalue weighted by Crippen LogP contribution is 2.21. The van der Waals surface area contributed by atoms with Gasteiger partial charge in [-0.25, -0.2) is 0 Å². The molecular weight excluding hydrogens is 568 g/mol. The first-order chi connectivity index (χ1) is 20.8. The van der Waals surface area contributed by atoms with Crippen LogP contribution in [0.1, 0.15) is 22.3 Å². The lowest BCUT2D eigenvalue weighted by atomic mass is 10.0. The Hall–Kier alpha value is -3.41. The molecule has 0 aliphatic heterocycles. The van der Waals surface area contributed by atoms with Crippen LogP contribution < -0.4 is 0 Å². The van der Waals surface area contributed by atoms with Crippen molar-refractivity contribution in [2.24, 2.45) is 0 Å². The van der Waals surface area contributed by atoms with E-state index in [9.17, 15) is 18.6 Å². The largest absolute Gasteiger partial charge is 0.388 e. The molecule has 0 aliphatic carbocycles. The van der Waals surface area contributed by atoms with Gasteiger partial charge in [-0.2, -0.15) is 8.42 Å². The lowest BCUT2D eigenvalue weighted by molar-refractivity contribution is -0.150. The number of aryl methyl sites for hydroxylation is 1. The second-order valence-corrected chi connectivity index (χ2v) is 11.8. The Morgan fingerprint density at radius 3 is 1.49 bits per heavy atom. The van der Waals surface area contributed by atoms with Gasteiger partial charge < -0.3 is 24.4 Å². The Labute approximate surface area is 253 Å². The van der Waals surface area contributed by atoms with Crippen LogP contribution in [0.3, 0.4) is 0 Å². The van der Waals surface area contributed by atoms with Gasteiger partial charge in [0.15, 0.2) is 0 Å². The van der Waals surface area contributed by atoms with Crippen LogP contribution in [0.4, 0.5) is 0 Å². The van der Waals surface area contributed by atoms with Crippen LogP contribution in [0.5, 0.6) is 0 Å². The molecule has 0 amide bonds. The van der Waals surface area contributed by atoms with Crippen LogP contribution in [0.25, 0.3) is 0 Å². The molecule has 2 N–H and O–H groups in total. The van der Waals surface area contributed by atoms with Crippen molar-refractivity contribution in [2.75, 3.05) is 13.2 Å². The first-order valence-corrected chi connectivity index (χ1v) is 15.5. The Morgan fingerprint density at radius 2 is 1.00 bits per heavy atom. The molecule has 8 nitrogen and oxygen atoms in total. The van der Waals surface area contributed by atoms with E-state index in [1.807, 2.05) is 97.9 Å². The van der Waals surface area contributed by atoms with E-state index in [2.05, 4.69) is 0 Å². The molecule has 43 heavy (non-hydrogen) atoms. The molecule has 0 aromatic heterocycles. The van der Waals surface area contributed by atoms with Crippen molar-refractivity contribution in [3.05, 3.63) is 138 Å². The third-order valence-electron chi connectivity index (χ3n) is 6.77. The van der Waals surface area contributed by atoms with Gasteiger partial charge in [0.25, 0.3) is 10.1 Å². The Balaban J connectivity index is 1.50. The molecule has 0 radical (unpaired) electrons. The smallest absolute Gasteiger partial charge is 0.297 e. The minimum Gasteiger partial charge on any atom is -0.388 e. The Morgan fingerprint density at radius 1 is 0.581 bits per heavy atom. The van der Waals surface area contributed by atoms with Crippen molar-refractivity contribution in [1.82, 2.24) is 0 Å². The zero-order chi connectivity index (χ0) is 30.5. The van der Waals surface area contributed by atoms with E-state index >= 15 is 0 Å². The topological polar surface area (TPSA) is 112 Å². The SMILES string of the molecule is Cc1ccc(S(=O)(=O)O[C@H](COCc2ccccc2)[C@@H](O)[C@H](O)[C@@H](COCc2ccccc2)OCc2ccccc2)cc1. The predicted octanol–water partition coefficient (Wildman–Crippen LogP) is 4.81. The monoisotopic (exact) mass is 606 g/mol. The van der Waals surface area contributed by atoms with Crippen molar-refractivity contribution >= 4 is 10.1 Å². The van der Waals surface area contributed by atoms with Crippen LogP contribution in [-0.2, 0) is 48.3 Å². The first kappa shape index (κ1) is 32.5. The van der Waals surface area contributed by atoms with Gasteiger partial charge in [0.1, 0.15) is 24.4 Å². The van der Waals surface area contributed by atoms with Crippen molar-refractivity contribution in [2.45, 2.75) is 56.1 Å². The van der Waals surface area contributed by atoms with Crippen LogP contribution in [0, 0.1) is 6.92 Å². The van der Waals surface area contributed by atoms with E-state index in [1.165, 1.54) is 12.1 Å². The maximum absolute atomic E-state index is 13.2. The number of aliphatic hydroxyl groups excluding tert-OH is 2. The van der Waals surface area contributed by atoms with Crippen LogP contribution in [-0.4, -0.2) is 56.3 Å². The summed E-state index contributed by atoms with van der Waals surface area (Å²) in [4.78, 5) is -0.0732. The van der Waals surface area contributed by atoms with E-state index in [1.54, 1.807) is 12.1 Å². The predicted molar refractivity (Wildman–Crippen MR) is 162 cm³/mol. The fraction of sp³-hybridized carbons (Fsp3) is 0.294. The summed E-state index contributed by atoms with van der Waals surface area (Å²) >= 11 is 0. The first-order valence-electron chi connectivity index (χ1n) is 14.1. The minimum absolute atomic E-state index is 0.0672. The van der Waals surface area contributed by atoms with Gasteiger partial charge in [-0.1, -0.05) is 109 Å². The van der Waals surface area contributed by atoms with E-state index < -0.39 is 34.5 Å².